The molecule has 4 aliphatic heterocycles. The molecule has 0 aliphatic carbocycles. The first-order valence-corrected chi connectivity index (χ1v) is 14.1. The second-order valence-electron chi connectivity index (χ2n) is 11.1. The number of amides is 4. The Morgan fingerprint density at radius 1 is 0.769 bits per heavy atom. The van der Waals surface area contributed by atoms with Gasteiger partial charge in [0.05, 0.1) is 11.1 Å². The Morgan fingerprint density at radius 3 is 2.21 bits per heavy atom. The minimum absolute atomic E-state index is 0.103. The molecular weight excluding hydrogens is 494 g/mol. The van der Waals surface area contributed by atoms with Crippen molar-refractivity contribution in [2.24, 2.45) is 5.92 Å². The van der Waals surface area contributed by atoms with Gasteiger partial charge in [-0.2, -0.15) is 0 Å². The highest BCUT2D eigenvalue weighted by molar-refractivity contribution is 6.25. The fourth-order valence-corrected chi connectivity index (χ4v) is 6.39. The third kappa shape index (κ3) is 5.26. The summed E-state index contributed by atoms with van der Waals surface area (Å²) in [6, 6.07) is 12.5. The average Bonchev–Trinajstić information content (AvgIpc) is 3.20. The lowest BCUT2D eigenvalue weighted by molar-refractivity contribution is -0.136. The number of carbonyl (C=O) groups excluding carboxylic acids is 4. The van der Waals surface area contributed by atoms with Gasteiger partial charge in [-0.25, -0.2) is 0 Å². The molecule has 204 valence electrons. The first-order valence-electron chi connectivity index (χ1n) is 14.1. The van der Waals surface area contributed by atoms with Gasteiger partial charge in [0.2, 0.25) is 11.8 Å². The number of likely N-dealkylation sites (tertiary alicyclic amines) is 1. The average molecular weight is 530 g/mol. The zero-order valence-corrected chi connectivity index (χ0v) is 22.2. The SMILES string of the molecule is O=C1CCC(N2C(=O)c3cccc(-c4ccc(CN5CCC(CN6CCNCC6)CC5)cc4)c3C2=O)C(=O)N1. The summed E-state index contributed by atoms with van der Waals surface area (Å²) in [5, 5.41) is 5.68. The number of fused-ring (bicyclic) bond motifs is 1. The highest BCUT2D eigenvalue weighted by atomic mass is 16.2. The summed E-state index contributed by atoms with van der Waals surface area (Å²) in [5.41, 5.74) is 3.39. The van der Waals surface area contributed by atoms with Gasteiger partial charge in [-0.05, 0) is 61.0 Å². The van der Waals surface area contributed by atoms with Crippen LogP contribution >= 0.6 is 0 Å². The van der Waals surface area contributed by atoms with Crippen molar-refractivity contribution in [2.75, 3.05) is 45.8 Å². The monoisotopic (exact) mass is 529 g/mol. The maximum Gasteiger partial charge on any atom is 0.262 e. The fraction of sp³-hybridized carbons (Fsp3) is 0.467. The molecule has 0 radical (unpaired) electrons. The van der Waals surface area contributed by atoms with E-state index in [-0.39, 0.29) is 18.7 Å². The molecule has 1 unspecified atom stereocenters. The number of piperidine rings is 2. The topological polar surface area (TPSA) is 102 Å². The number of nitrogens with zero attached hydrogens (tertiary/aromatic N) is 3. The molecule has 2 aromatic rings. The Bertz CT molecular complexity index is 1280. The number of carbonyl (C=O) groups is 4. The summed E-state index contributed by atoms with van der Waals surface area (Å²) >= 11 is 0. The maximum atomic E-state index is 13.4. The molecule has 4 amide bonds. The van der Waals surface area contributed by atoms with Crippen molar-refractivity contribution in [3.8, 4) is 11.1 Å². The molecule has 3 fully saturated rings. The lowest BCUT2D eigenvalue weighted by Gasteiger charge is -2.36. The largest absolute Gasteiger partial charge is 0.314 e. The molecule has 6 rings (SSSR count). The van der Waals surface area contributed by atoms with Crippen molar-refractivity contribution in [1.29, 1.82) is 0 Å². The number of rotatable bonds is 6. The Morgan fingerprint density at radius 2 is 1.49 bits per heavy atom. The lowest BCUT2D eigenvalue weighted by atomic mass is 9.94. The molecule has 0 spiro atoms. The minimum Gasteiger partial charge on any atom is -0.314 e. The van der Waals surface area contributed by atoms with Crippen molar-refractivity contribution < 1.29 is 19.2 Å². The molecule has 4 heterocycles. The van der Waals surface area contributed by atoms with Crippen LogP contribution < -0.4 is 10.6 Å². The number of benzene rings is 2. The van der Waals surface area contributed by atoms with Crippen molar-refractivity contribution in [3.63, 3.8) is 0 Å². The second kappa shape index (κ2) is 11.0. The maximum absolute atomic E-state index is 13.4. The molecule has 0 aromatic heterocycles. The first-order chi connectivity index (χ1) is 19.0. The highest BCUT2D eigenvalue weighted by Crippen LogP contribution is 2.35. The Labute approximate surface area is 228 Å². The van der Waals surface area contributed by atoms with Gasteiger partial charge in [0, 0.05) is 45.7 Å². The summed E-state index contributed by atoms with van der Waals surface area (Å²) in [4.78, 5) is 56.7. The van der Waals surface area contributed by atoms with Gasteiger partial charge in [0.25, 0.3) is 11.8 Å². The molecule has 0 bridgehead atoms. The molecule has 4 aliphatic rings. The van der Waals surface area contributed by atoms with Gasteiger partial charge in [-0.1, -0.05) is 36.4 Å². The zero-order chi connectivity index (χ0) is 26.9. The summed E-state index contributed by atoms with van der Waals surface area (Å²) in [7, 11) is 0. The van der Waals surface area contributed by atoms with E-state index in [0.29, 0.717) is 16.7 Å². The molecule has 2 N–H and O–H groups in total. The van der Waals surface area contributed by atoms with Crippen molar-refractivity contribution >= 4 is 23.6 Å². The lowest BCUT2D eigenvalue weighted by Crippen LogP contribution is -2.54. The minimum atomic E-state index is -0.966. The number of imide groups is 2. The van der Waals surface area contributed by atoms with Crippen LogP contribution in [0.3, 0.4) is 0 Å². The second-order valence-corrected chi connectivity index (χ2v) is 11.1. The third-order valence-corrected chi connectivity index (χ3v) is 8.57. The van der Waals surface area contributed by atoms with Crippen LogP contribution in [0.5, 0.6) is 0 Å². The van der Waals surface area contributed by atoms with Crippen LogP contribution in [-0.4, -0.2) is 90.2 Å². The first kappa shape index (κ1) is 25.9. The van der Waals surface area contributed by atoms with E-state index in [1.165, 1.54) is 24.9 Å². The van der Waals surface area contributed by atoms with E-state index in [1.807, 2.05) is 18.2 Å². The molecule has 39 heavy (non-hydrogen) atoms. The van der Waals surface area contributed by atoms with Crippen LogP contribution in [0.1, 0.15) is 52.0 Å². The van der Waals surface area contributed by atoms with Gasteiger partial charge in [0.15, 0.2) is 0 Å². The number of piperazine rings is 1. The third-order valence-electron chi connectivity index (χ3n) is 8.57. The molecule has 9 nitrogen and oxygen atoms in total. The van der Waals surface area contributed by atoms with Crippen LogP contribution in [0.15, 0.2) is 42.5 Å². The fourth-order valence-electron chi connectivity index (χ4n) is 6.39. The van der Waals surface area contributed by atoms with Crippen LogP contribution in [0.2, 0.25) is 0 Å². The number of hydrogen-bond acceptors (Lipinski definition) is 7. The molecular formula is C30H35N5O4. The molecule has 0 saturated carbocycles. The normalized spacial score (nSPS) is 23.3. The van der Waals surface area contributed by atoms with Crippen molar-refractivity contribution in [1.82, 2.24) is 25.3 Å². The van der Waals surface area contributed by atoms with Gasteiger partial charge in [-0.15, -0.1) is 0 Å². The molecule has 2 aromatic carbocycles. The Balaban J connectivity index is 1.11. The number of hydrogen-bond donors (Lipinski definition) is 2. The molecule has 9 heteroatoms. The quantitative estimate of drug-likeness (QED) is 0.551. The molecule has 1 atom stereocenters. The van der Waals surface area contributed by atoms with Crippen LogP contribution in [0.4, 0.5) is 0 Å². The van der Waals surface area contributed by atoms with Crippen LogP contribution in [-0.2, 0) is 16.1 Å². The Kier molecular flexibility index (Phi) is 7.29. The molecule has 3 saturated heterocycles. The predicted molar refractivity (Wildman–Crippen MR) is 146 cm³/mol. The van der Waals surface area contributed by atoms with Gasteiger partial charge in [0.1, 0.15) is 6.04 Å². The van der Waals surface area contributed by atoms with Crippen molar-refractivity contribution in [3.05, 3.63) is 59.2 Å². The van der Waals surface area contributed by atoms with E-state index in [0.717, 1.165) is 62.2 Å². The van der Waals surface area contributed by atoms with Gasteiger partial charge < -0.3 is 10.2 Å². The van der Waals surface area contributed by atoms with E-state index < -0.39 is 23.8 Å². The standard InChI is InChI=1S/C30H35N5O4/c36-26-9-8-25(28(37)32-26)35-29(38)24-3-1-2-23(27(24)30(35)39)22-6-4-20(5-7-22)18-33-14-10-21(11-15-33)19-34-16-12-31-13-17-34/h1-7,21,25,31H,8-19H2,(H,32,36,37). The van der Waals surface area contributed by atoms with Gasteiger partial charge >= 0.3 is 0 Å². The van der Waals surface area contributed by atoms with Crippen molar-refractivity contribution in [2.45, 2.75) is 38.3 Å². The summed E-state index contributed by atoms with van der Waals surface area (Å²) < 4.78 is 0. The van der Waals surface area contributed by atoms with E-state index >= 15 is 0 Å². The predicted octanol–water partition coefficient (Wildman–Crippen LogP) is 1.87. The summed E-state index contributed by atoms with van der Waals surface area (Å²) in [5.74, 6) is -1.16. The van der Waals surface area contributed by atoms with E-state index in [9.17, 15) is 19.2 Å². The van der Waals surface area contributed by atoms with E-state index in [1.54, 1.807) is 12.1 Å². The Hall–Kier alpha value is -3.40. The van der Waals surface area contributed by atoms with Crippen LogP contribution in [0.25, 0.3) is 11.1 Å². The van der Waals surface area contributed by atoms with Gasteiger partial charge in [-0.3, -0.25) is 34.3 Å². The number of nitrogens with one attached hydrogen (secondary N) is 2. The zero-order valence-electron chi connectivity index (χ0n) is 22.2. The smallest absolute Gasteiger partial charge is 0.262 e. The highest BCUT2D eigenvalue weighted by Gasteiger charge is 2.45. The van der Waals surface area contributed by atoms with Crippen LogP contribution in [0, 0.1) is 5.92 Å². The van der Waals surface area contributed by atoms with E-state index in [4.69, 9.17) is 0 Å². The van der Waals surface area contributed by atoms with E-state index in [2.05, 4.69) is 32.6 Å². The summed E-state index contributed by atoms with van der Waals surface area (Å²) in [6.07, 6.45) is 2.72. The summed E-state index contributed by atoms with van der Waals surface area (Å²) in [6.45, 7) is 8.85.